The van der Waals surface area contributed by atoms with Crippen molar-refractivity contribution in [2.45, 2.75) is 32.1 Å². The Hall–Kier alpha value is -3.14. The molecule has 1 N–H and O–H groups in total. The summed E-state index contributed by atoms with van der Waals surface area (Å²) >= 11 is 0. The molecule has 0 atom stereocenters. The van der Waals surface area contributed by atoms with Crippen LogP contribution in [0.4, 0.5) is 5.82 Å². The third kappa shape index (κ3) is 4.09. The van der Waals surface area contributed by atoms with Crippen molar-refractivity contribution in [3.8, 4) is 11.8 Å². The lowest BCUT2D eigenvalue weighted by Gasteiger charge is -2.19. The number of benzene rings is 1. The molecule has 26 heavy (non-hydrogen) atoms. The second kappa shape index (κ2) is 8.30. The molecule has 0 spiro atoms. The Bertz CT molecular complexity index is 817. The van der Waals surface area contributed by atoms with Crippen LogP contribution in [0.25, 0.3) is 5.69 Å². The van der Waals surface area contributed by atoms with Crippen molar-refractivity contribution in [3.63, 3.8) is 0 Å². The van der Waals surface area contributed by atoms with Gasteiger partial charge in [0.05, 0.1) is 17.8 Å². The minimum atomic E-state index is -0.497. The van der Waals surface area contributed by atoms with E-state index in [4.69, 9.17) is 4.74 Å². The largest absolute Gasteiger partial charge is 0.455 e. The average molecular weight is 352 g/mol. The molecule has 1 amide bonds. The number of hydrogen-bond donors (Lipinski definition) is 1. The van der Waals surface area contributed by atoms with Gasteiger partial charge >= 0.3 is 5.97 Å². The Labute approximate surface area is 151 Å². The van der Waals surface area contributed by atoms with Crippen LogP contribution >= 0.6 is 0 Å². The quantitative estimate of drug-likeness (QED) is 0.835. The molecule has 1 heterocycles. The molecule has 3 rings (SSSR count). The number of para-hydroxylation sites is 1. The van der Waals surface area contributed by atoms with Crippen LogP contribution in [0.5, 0.6) is 0 Å². The Morgan fingerprint density at radius 3 is 2.65 bits per heavy atom. The highest BCUT2D eigenvalue weighted by Gasteiger charge is 2.23. The van der Waals surface area contributed by atoms with Gasteiger partial charge in [-0.3, -0.25) is 9.59 Å². The van der Waals surface area contributed by atoms with Gasteiger partial charge in [-0.05, 0) is 25.0 Å². The van der Waals surface area contributed by atoms with E-state index in [9.17, 15) is 14.9 Å². The lowest BCUT2D eigenvalue weighted by molar-refractivity contribution is -0.152. The van der Waals surface area contributed by atoms with Crippen LogP contribution < -0.4 is 5.32 Å². The van der Waals surface area contributed by atoms with Crippen molar-refractivity contribution in [1.29, 1.82) is 5.26 Å². The molecule has 134 valence electrons. The molecule has 1 aromatic carbocycles. The summed E-state index contributed by atoms with van der Waals surface area (Å²) in [6.07, 6.45) is 6.21. The predicted octanol–water partition coefficient (Wildman–Crippen LogP) is 2.81. The molecule has 1 aromatic heterocycles. The maximum atomic E-state index is 12.2. The first-order valence-electron chi connectivity index (χ1n) is 8.69. The Morgan fingerprint density at radius 1 is 1.23 bits per heavy atom. The maximum absolute atomic E-state index is 12.2. The lowest BCUT2D eigenvalue weighted by atomic mass is 9.89. The van der Waals surface area contributed by atoms with Gasteiger partial charge < -0.3 is 10.1 Å². The summed E-state index contributed by atoms with van der Waals surface area (Å²) in [7, 11) is 0. The van der Waals surface area contributed by atoms with E-state index in [0.29, 0.717) is 5.69 Å². The number of rotatable bonds is 5. The summed E-state index contributed by atoms with van der Waals surface area (Å²) in [4.78, 5) is 24.3. The first-order valence-corrected chi connectivity index (χ1v) is 8.69. The number of carbonyl (C=O) groups is 2. The van der Waals surface area contributed by atoms with Crippen LogP contribution in [0.2, 0.25) is 0 Å². The van der Waals surface area contributed by atoms with E-state index in [0.717, 1.165) is 32.1 Å². The van der Waals surface area contributed by atoms with Gasteiger partial charge in [0.2, 0.25) is 0 Å². The van der Waals surface area contributed by atoms with E-state index < -0.39 is 5.91 Å². The number of nitrogens with zero attached hydrogens (tertiary/aromatic N) is 3. The van der Waals surface area contributed by atoms with Gasteiger partial charge in [-0.1, -0.05) is 37.5 Å². The summed E-state index contributed by atoms with van der Waals surface area (Å²) in [5.74, 6) is -0.668. The van der Waals surface area contributed by atoms with Crippen LogP contribution in [0, 0.1) is 17.2 Å². The van der Waals surface area contributed by atoms with Crippen molar-refractivity contribution < 1.29 is 14.3 Å². The van der Waals surface area contributed by atoms with Crippen molar-refractivity contribution in [3.05, 3.63) is 42.1 Å². The SMILES string of the molecule is N#Cc1cnn(-c2ccccc2)c1NC(=O)COC(=O)C1CCCCC1. The van der Waals surface area contributed by atoms with Crippen LogP contribution in [0.1, 0.15) is 37.7 Å². The van der Waals surface area contributed by atoms with Crippen molar-refractivity contribution in [2.75, 3.05) is 11.9 Å². The highest BCUT2D eigenvalue weighted by atomic mass is 16.5. The molecule has 0 radical (unpaired) electrons. The van der Waals surface area contributed by atoms with Crippen LogP contribution in [-0.2, 0) is 14.3 Å². The minimum Gasteiger partial charge on any atom is -0.455 e. The number of esters is 1. The van der Waals surface area contributed by atoms with E-state index in [-0.39, 0.29) is 29.9 Å². The Kier molecular flexibility index (Phi) is 5.64. The van der Waals surface area contributed by atoms with Crippen LogP contribution in [0.3, 0.4) is 0 Å². The highest BCUT2D eigenvalue weighted by Crippen LogP contribution is 2.24. The van der Waals surface area contributed by atoms with Gasteiger partial charge in [-0.25, -0.2) is 4.68 Å². The fourth-order valence-corrected chi connectivity index (χ4v) is 3.08. The normalized spacial score (nSPS) is 14.4. The second-order valence-corrected chi connectivity index (χ2v) is 6.26. The standard InChI is InChI=1S/C19H20N4O3/c20-11-15-12-21-23(16-9-5-2-6-10-16)18(15)22-17(24)13-26-19(25)14-7-3-1-4-8-14/h2,5-6,9-10,12,14H,1,3-4,7-8,13H2,(H,22,24). The number of amides is 1. The number of aromatic nitrogens is 2. The van der Waals surface area contributed by atoms with Gasteiger partial charge in [0.1, 0.15) is 11.6 Å². The molecular formula is C19H20N4O3. The molecule has 0 aliphatic heterocycles. The highest BCUT2D eigenvalue weighted by molar-refractivity contribution is 5.93. The minimum absolute atomic E-state index is 0.110. The summed E-state index contributed by atoms with van der Waals surface area (Å²) in [6, 6.07) is 11.2. The number of ether oxygens (including phenoxy) is 1. The molecule has 1 aliphatic carbocycles. The molecule has 7 nitrogen and oxygen atoms in total. The zero-order valence-electron chi connectivity index (χ0n) is 14.4. The Balaban J connectivity index is 1.65. The number of nitrogens with one attached hydrogen (secondary N) is 1. The fraction of sp³-hybridized carbons (Fsp3) is 0.368. The smallest absolute Gasteiger partial charge is 0.309 e. The number of carbonyl (C=O) groups excluding carboxylic acids is 2. The van der Waals surface area contributed by atoms with Gasteiger partial charge in [0.15, 0.2) is 12.4 Å². The zero-order valence-corrected chi connectivity index (χ0v) is 14.4. The van der Waals surface area contributed by atoms with E-state index in [1.54, 1.807) is 0 Å². The summed E-state index contributed by atoms with van der Waals surface area (Å²) in [6.45, 7) is -0.375. The molecule has 7 heteroatoms. The van der Waals surface area contributed by atoms with E-state index in [1.807, 2.05) is 36.4 Å². The van der Waals surface area contributed by atoms with Crippen LogP contribution in [0.15, 0.2) is 36.5 Å². The lowest BCUT2D eigenvalue weighted by Crippen LogP contribution is -2.26. The van der Waals surface area contributed by atoms with Gasteiger partial charge in [-0.15, -0.1) is 0 Å². The first-order chi connectivity index (χ1) is 12.7. The maximum Gasteiger partial charge on any atom is 0.309 e. The van der Waals surface area contributed by atoms with E-state index >= 15 is 0 Å². The first kappa shape index (κ1) is 17.7. The fourth-order valence-electron chi connectivity index (χ4n) is 3.08. The van der Waals surface area contributed by atoms with E-state index in [1.165, 1.54) is 10.9 Å². The van der Waals surface area contributed by atoms with Gasteiger partial charge in [-0.2, -0.15) is 10.4 Å². The monoisotopic (exact) mass is 352 g/mol. The zero-order chi connectivity index (χ0) is 18.4. The van der Waals surface area contributed by atoms with Crippen molar-refractivity contribution >= 4 is 17.7 Å². The van der Waals surface area contributed by atoms with Crippen molar-refractivity contribution in [2.24, 2.45) is 5.92 Å². The second-order valence-electron chi connectivity index (χ2n) is 6.26. The number of hydrogen-bond acceptors (Lipinski definition) is 5. The molecule has 0 unspecified atom stereocenters. The molecule has 0 bridgehead atoms. The number of nitriles is 1. The Morgan fingerprint density at radius 2 is 1.96 bits per heavy atom. The van der Waals surface area contributed by atoms with Gasteiger partial charge in [0.25, 0.3) is 5.91 Å². The third-order valence-electron chi connectivity index (χ3n) is 4.43. The average Bonchev–Trinajstić information content (AvgIpc) is 3.10. The third-order valence-corrected chi connectivity index (χ3v) is 4.43. The van der Waals surface area contributed by atoms with Crippen LogP contribution in [-0.4, -0.2) is 28.3 Å². The number of anilines is 1. The summed E-state index contributed by atoms with van der Waals surface area (Å²) in [5.41, 5.74) is 0.948. The molecular weight excluding hydrogens is 332 g/mol. The van der Waals surface area contributed by atoms with Gasteiger partial charge in [0, 0.05) is 0 Å². The molecule has 1 fully saturated rings. The molecule has 1 saturated carbocycles. The summed E-state index contributed by atoms with van der Waals surface area (Å²) in [5, 5.41) is 16.0. The summed E-state index contributed by atoms with van der Waals surface area (Å²) < 4.78 is 6.62. The topological polar surface area (TPSA) is 97.0 Å². The van der Waals surface area contributed by atoms with E-state index in [2.05, 4.69) is 10.4 Å². The van der Waals surface area contributed by atoms with Crippen molar-refractivity contribution in [1.82, 2.24) is 9.78 Å². The molecule has 1 aliphatic rings. The molecule has 2 aromatic rings. The molecule has 0 saturated heterocycles. The predicted molar refractivity (Wildman–Crippen MR) is 94.4 cm³/mol.